The number of nitrogens with zero attached hydrogens (tertiary/aromatic N) is 2. The molecule has 0 spiro atoms. The molecule has 0 aliphatic carbocycles. The molecule has 0 radical (unpaired) electrons. The standard InChI is InChI=1S/C16H18ClN3/c17-15-3-1-2-4-16(15)19-13-7-11-20(12-8-13)14-5-9-18-10-6-14/h1-6,9-10,13,19H,7-8,11-12H2. The lowest BCUT2D eigenvalue weighted by Gasteiger charge is -2.34. The Kier molecular flexibility index (Phi) is 4.07. The van der Waals surface area contributed by atoms with Gasteiger partial charge in [-0.3, -0.25) is 4.98 Å². The molecule has 2 heterocycles. The zero-order valence-corrected chi connectivity index (χ0v) is 12.1. The van der Waals surface area contributed by atoms with E-state index in [2.05, 4.69) is 27.3 Å². The maximum Gasteiger partial charge on any atom is 0.0637 e. The van der Waals surface area contributed by atoms with Crippen LogP contribution >= 0.6 is 11.6 Å². The quantitative estimate of drug-likeness (QED) is 0.930. The first-order valence-electron chi connectivity index (χ1n) is 6.99. The third-order valence-corrected chi connectivity index (χ3v) is 4.09. The van der Waals surface area contributed by atoms with Gasteiger partial charge < -0.3 is 10.2 Å². The number of rotatable bonds is 3. The van der Waals surface area contributed by atoms with Crippen LogP contribution in [0.1, 0.15) is 12.8 Å². The van der Waals surface area contributed by atoms with Crippen molar-refractivity contribution in [2.45, 2.75) is 18.9 Å². The summed E-state index contributed by atoms with van der Waals surface area (Å²) >= 11 is 6.19. The molecule has 1 aliphatic heterocycles. The normalized spacial score (nSPS) is 16.1. The Hall–Kier alpha value is -1.74. The number of piperidine rings is 1. The number of aromatic nitrogens is 1. The fraction of sp³-hybridized carbons (Fsp3) is 0.312. The van der Waals surface area contributed by atoms with Crippen molar-refractivity contribution in [3.05, 3.63) is 53.8 Å². The molecule has 0 saturated carbocycles. The highest BCUT2D eigenvalue weighted by Crippen LogP contribution is 2.25. The van der Waals surface area contributed by atoms with E-state index in [0.717, 1.165) is 36.6 Å². The van der Waals surface area contributed by atoms with Crippen LogP contribution in [0.15, 0.2) is 48.8 Å². The molecule has 1 aromatic carbocycles. The summed E-state index contributed by atoms with van der Waals surface area (Å²) in [5.74, 6) is 0. The van der Waals surface area contributed by atoms with Gasteiger partial charge in [-0.2, -0.15) is 0 Å². The molecular formula is C16H18ClN3. The minimum atomic E-state index is 0.494. The maximum atomic E-state index is 6.19. The fourth-order valence-electron chi connectivity index (χ4n) is 2.64. The zero-order chi connectivity index (χ0) is 13.8. The third kappa shape index (κ3) is 3.05. The summed E-state index contributed by atoms with van der Waals surface area (Å²) in [6, 6.07) is 12.6. The number of nitrogens with one attached hydrogen (secondary N) is 1. The van der Waals surface area contributed by atoms with Gasteiger partial charge in [0.25, 0.3) is 0 Å². The van der Waals surface area contributed by atoms with E-state index < -0.39 is 0 Å². The topological polar surface area (TPSA) is 28.2 Å². The SMILES string of the molecule is Clc1ccccc1NC1CCN(c2ccncc2)CC1. The summed E-state index contributed by atoms with van der Waals surface area (Å²) in [6.07, 6.45) is 5.94. The van der Waals surface area contributed by atoms with E-state index in [1.165, 1.54) is 5.69 Å². The lowest BCUT2D eigenvalue weighted by Crippen LogP contribution is -2.39. The summed E-state index contributed by atoms with van der Waals surface area (Å²) in [6.45, 7) is 2.12. The van der Waals surface area contributed by atoms with Gasteiger partial charge in [0.2, 0.25) is 0 Å². The summed E-state index contributed by atoms with van der Waals surface area (Å²) < 4.78 is 0. The van der Waals surface area contributed by atoms with Crippen LogP contribution in [0.3, 0.4) is 0 Å². The van der Waals surface area contributed by atoms with Crippen LogP contribution in [0.4, 0.5) is 11.4 Å². The molecular weight excluding hydrogens is 270 g/mol. The molecule has 104 valence electrons. The van der Waals surface area contributed by atoms with Crippen LogP contribution in [0.25, 0.3) is 0 Å². The largest absolute Gasteiger partial charge is 0.381 e. The second-order valence-electron chi connectivity index (χ2n) is 5.09. The minimum absolute atomic E-state index is 0.494. The van der Waals surface area contributed by atoms with Crippen molar-refractivity contribution in [3.63, 3.8) is 0 Å². The fourth-order valence-corrected chi connectivity index (χ4v) is 2.83. The lowest BCUT2D eigenvalue weighted by atomic mass is 10.0. The van der Waals surface area contributed by atoms with E-state index in [1.807, 2.05) is 36.7 Å². The summed E-state index contributed by atoms with van der Waals surface area (Å²) in [5, 5.41) is 4.35. The van der Waals surface area contributed by atoms with Crippen LogP contribution in [0, 0.1) is 0 Å². The zero-order valence-electron chi connectivity index (χ0n) is 11.3. The van der Waals surface area contributed by atoms with Crippen molar-refractivity contribution in [1.82, 2.24) is 4.98 Å². The summed E-state index contributed by atoms with van der Waals surface area (Å²) in [7, 11) is 0. The molecule has 1 fully saturated rings. The van der Waals surface area contributed by atoms with Gasteiger partial charge in [0.1, 0.15) is 0 Å². The van der Waals surface area contributed by atoms with Gasteiger partial charge in [0, 0.05) is 37.2 Å². The van der Waals surface area contributed by atoms with E-state index in [9.17, 15) is 0 Å². The highest BCUT2D eigenvalue weighted by molar-refractivity contribution is 6.33. The predicted octanol–water partition coefficient (Wildman–Crippen LogP) is 3.82. The Labute approximate surface area is 124 Å². The van der Waals surface area contributed by atoms with Crippen molar-refractivity contribution >= 4 is 23.0 Å². The van der Waals surface area contributed by atoms with E-state index in [1.54, 1.807) is 0 Å². The molecule has 0 bridgehead atoms. The molecule has 3 nitrogen and oxygen atoms in total. The van der Waals surface area contributed by atoms with Gasteiger partial charge in [-0.25, -0.2) is 0 Å². The Morgan fingerprint density at radius 2 is 1.75 bits per heavy atom. The van der Waals surface area contributed by atoms with Crippen LogP contribution in [0.5, 0.6) is 0 Å². The van der Waals surface area contributed by atoms with E-state index in [0.29, 0.717) is 6.04 Å². The van der Waals surface area contributed by atoms with Crippen LogP contribution in [-0.4, -0.2) is 24.1 Å². The first-order chi connectivity index (χ1) is 9.83. The van der Waals surface area contributed by atoms with Crippen LogP contribution in [-0.2, 0) is 0 Å². The lowest BCUT2D eigenvalue weighted by molar-refractivity contribution is 0.526. The van der Waals surface area contributed by atoms with Crippen molar-refractivity contribution in [2.75, 3.05) is 23.3 Å². The Bertz CT molecular complexity index is 551. The average molecular weight is 288 g/mol. The number of benzene rings is 1. The molecule has 1 aromatic heterocycles. The number of hydrogen-bond donors (Lipinski definition) is 1. The van der Waals surface area contributed by atoms with Gasteiger partial charge in [-0.1, -0.05) is 23.7 Å². The highest BCUT2D eigenvalue weighted by Gasteiger charge is 2.19. The third-order valence-electron chi connectivity index (χ3n) is 3.76. The molecule has 1 aliphatic rings. The number of hydrogen-bond acceptors (Lipinski definition) is 3. The van der Waals surface area contributed by atoms with Gasteiger partial charge in [0.05, 0.1) is 10.7 Å². The van der Waals surface area contributed by atoms with E-state index in [4.69, 9.17) is 11.6 Å². The highest BCUT2D eigenvalue weighted by atomic mass is 35.5. The average Bonchev–Trinajstić information content (AvgIpc) is 2.51. The maximum absolute atomic E-state index is 6.19. The minimum Gasteiger partial charge on any atom is -0.381 e. The van der Waals surface area contributed by atoms with Crippen molar-refractivity contribution in [3.8, 4) is 0 Å². The number of para-hydroxylation sites is 1. The molecule has 3 rings (SSSR count). The molecule has 0 unspecified atom stereocenters. The smallest absolute Gasteiger partial charge is 0.0637 e. The van der Waals surface area contributed by atoms with Crippen molar-refractivity contribution in [2.24, 2.45) is 0 Å². The molecule has 1 saturated heterocycles. The predicted molar refractivity (Wildman–Crippen MR) is 84.5 cm³/mol. The van der Waals surface area contributed by atoms with E-state index >= 15 is 0 Å². The van der Waals surface area contributed by atoms with Crippen molar-refractivity contribution in [1.29, 1.82) is 0 Å². The van der Waals surface area contributed by atoms with Gasteiger partial charge >= 0.3 is 0 Å². The Balaban J connectivity index is 1.58. The summed E-state index contributed by atoms with van der Waals surface area (Å²) in [4.78, 5) is 6.48. The van der Waals surface area contributed by atoms with Gasteiger partial charge in [-0.05, 0) is 37.1 Å². The number of anilines is 2. The monoisotopic (exact) mass is 287 g/mol. The van der Waals surface area contributed by atoms with E-state index in [-0.39, 0.29) is 0 Å². The molecule has 0 amide bonds. The molecule has 4 heteroatoms. The molecule has 2 aromatic rings. The van der Waals surface area contributed by atoms with Crippen molar-refractivity contribution < 1.29 is 0 Å². The summed E-state index contributed by atoms with van der Waals surface area (Å²) in [5.41, 5.74) is 2.30. The molecule has 1 N–H and O–H groups in total. The van der Waals surface area contributed by atoms with Gasteiger partial charge in [-0.15, -0.1) is 0 Å². The molecule has 20 heavy (non-hydrogen) atoms. The molecule has 0 atom stereocenters. The first kappa shape index (κ1) is 13.3. The Morgan fingerprint density at radius 1 is 1.05 bits per heavy atom. The van der Waals surface area contributed by atoms with Gasteiger partial charge in [0.15, 0.2) is 0 Å². The number of halogens is 1. The Morgan fingerprint density at radius 3 is 2.45 bits per heavy atom. The second kappa shape index (κ2) is 6.14. The first-order valence-corrected chi connectivity index (χ1v) is 7.37. The number of pyridine rings is 1. The van der Waals surface area contributed by atoms with Crippen LogP contribution < -0.4 is 10.2 Å². The van der Waals surface area contributed by atoms with Crippen LogP contribution in [0.2, 0.25) is 5.02 Å². The second-order valence-corrected chi connectivity index (χ2v) is 5.50.